The molecular weight excluding hydrogens is 292 g/mol. The van der Waals surface area contributed by atoms with Gasteiger partial charge in [0.2, 0.25) is 0 Å². The maximum atomic E-state index is 9.10. The smallest absolute Gasteiger partial charge is 0.414 e. The molecule has 0 aliphatic rings. The van der Waals surface area contributed by atoms with Crippen molar-refractivity contribution in [1.29, 1.82) is 0 Å². The summed E-state index contributed by atoms with van der Waals surface area (Å²) in [5, 5.41) is 14.8. The minimum absolute atomic E-state index is 0.694. The van der Waals surface area contributed by atoms with Gasteiger partial charge in [-0.15, -0.1) is 0 Å². The van der Waals surface area contributed by atoms with Gasteiger partial charge in [0.1, 0.15) is 0 Å². The summed E-state index contributed by atoms with van der Waals surface area (Å²) >= 11 is 0. The topological polar surface area (TPSA) is 153 Å². The minimum atomic E-state index is -1.82. The minimum Gasteiger partial charge on any atom is -0.473 e. The van der Waals surface area contributed by atoms with Crippen LogP contribution in [0, 0.1) is 0 Å². The summed E-state index contributed by atoms with van der Waals surface area (Å²) in [7, 11) is 0. The summed E-state index contributed by atoms with van der Waals surface area (Å²) < 4.78 is 9.62. The molecule has 0 aliphatic carbocycles. The van der Waals surface area contributed by atoms with Gasteiger partial charge in [-0.2, -0.15) is 0 Å². The Balaban J connectivity index is 0.000000306. The van der Waals surface area contributed by atoms with Gasteiger partial charge in [-0.1, -0.05) is 0 Å². The van der Waals surface area contributed by atoms with E-state index in [1.54, 1.807) is 25.1 Å². The van der Waals surface area contributed by atoms with E-state index in [0.29, 0.717) is 13.1 Å². The average molecular weight is 312 g/mol. The highest BCUT2D eigenvalue weighted by Crippen LogP contribution is 1.98. The molecule has 2 aromatic heterocycles. The van der Waals surface area contributed by atoms with Crippen LogP contribution in [0.15, 0.2) is 46.0 Å². The number of carbonyl (C=O) groups is 2. The Labute approximate surface area is 127 Å². The van der Waals surface area contributed by atoms with E-state index in [1.807, 2.05) is 12.1 Å². The van der Waals surface area contributed by atoms with Crippen LogP contribution in [0.25, 0.3) is 0 Å². The van der Waals surface area contributed by atoms with Crippen molar-refractivity contribution in [2.75, 3.05) is 13.1 Å². The van der Waals surface area contributed by atoms with Gasteiger partial charge in [-0.3, -0.25) is 0 Å². The predicted octanol–water partition coefficient (Wildman–Crippen LogP) is 0.717. The summed E-state index contributed by atoms with van der Waals surface area (Å²) in [5.74, 6) is -3.65. The molecule has 22 heavy (non-hydrogen) atoms. The Hall–Kier alpha value is -2.58. The van der Waals surface area contributed by atoms with Crippen LogP contribution in [-0.4, -0.2) is 35.2 Å². The average Bonchev–Trinajstić information content (AvgIpc) is 3.14. The first-order chi connectivity index (χ1) is 10.5. The van der Waals surface area contributed by atoms with E-state index in [-0.39, 0.29) is 0 Å². The molecule has 8 heteroatoms. The number of hydrogen-bond acceptors (Lipinski definition) is 6. The second kappa shape index (κ2) is 12.2. The lowest BCUT2D eigenvalue weighted by molar-refractivity contribution is -0.159. The highest BCUT2D eigenvalue weighted by molar-refractivity contribution is 6.27. The van der Waals surface area contributed by atoms with Crippen LogP contribution in [0.4, 0.5) is 0 Å². The first-order valence-electron chi connectivity index (χ1n) is 6.39. The largest absolute Gasteiger partial charge is 0.473 e. The fourth-order valence-corrected chi connectivity index (χ4v) is 1.20. The van der Waals surface area contributed by atoms with Crippen LogP contribution in [-0.2, 0) is 22.4 Å². The Morgan fingerprint density at radius 1 is 0.864 bits per heavy atom. The van der Waals surface area contributed by atoms with Crippen molar-refractivity contribution in [2.45, 2.75) is 12.8 Å². The highest BCUT2D eigenvalue weighted by atomic mass is 16.4. The van der Waals surface area contributed by atoms with Gasteiger partial charge in [0.15, 0.2) is 0 Å². The molecule has 0 radical (unpaired) electrons. The normalized spacial score (nSPS) is 9.00. The van der Waals surface area contributed by atoms with Gasteiger partial charge in [0.25, 0.3) is 0 Å². The number of rotatable bonds is 4. The predicted molar refractivity (Wildman–Crippen MR) is 78.2 cm³/mol. The molecule has 0 atom stereocenters. The lowest BCUT2D eigenvalue weighted by Crippen LogP contribution is -2.09. The van der Waals surface area contributed by atoms with Gasteiger partial charge in [0, 0.05) is 0 Å². The Kier molecular flexibility index (Phi) is 10.8. The third-order valence-corrected chi connectivity index (χ3v) is 2.21. The van der Waals surface area contributed by atoms with Crippen molar-refractivity contribution in [3.8, 4) is 0 Å². The van der Waals surface area contributed by atoms with Crippen molar-refractivity contribution < 1.29 is 28.6 Å². The number of furan rings is 2. The molecule has 0 saturated carbocycles. The van der Waals surface area contributed by atoms with Crippen LogP contribution < -0.4 is 11.5 Å². The van der Waals surface area contributed by atoms with Gasteiger partial charge in [-0.25, -0.2) is 9.59 Å². The number of hydrogen-bond donors (Lipinski definition) is 4. The third kappa shape index (κ3) is 10.2. The summed E-state index contributed by atoms with van der Waals surface area (Å²) in [5.41, 5.74) is 12.9. The van der Waals surface area contributed by atoms with Crippen LogP contribution >= 0.6 is 0 Å². The van der Waals surface area contributed by atoms with Crippen LogP contribution in [0.2, 0.25) is 0 Å². The molecule has 2 rings (SSSR count). The van der Waals surface area contributed by atoms with Crippen LogP contribution in [0.5, 0.6) is 0 Å². The molecular formula is C14H20N2O6. The Bertz CT molecular complexity index is 459. The standard InChI is InChI=1S/2C6H9NO.C2H2O4/c2*7-3-1-6-2-4-8-5-6;3-1(4)2(5)6/h2*2,4-5H,1,3,7H2;(H,3,4)(H,5,6). The second-order valence-electron chi connectivity index (χ2n) is 3.95. The van der Waals surface area contributed by atoms with E-state index >= 15 is 0 Å². The number of nitrogens with two attached hydrogens (primary N) is 2. The zero-order chi connectivity index (χ0) is 16.8. The molecule has 2 heterocycles. The Morgan fingerprint density at radius 3 is 1.41 bits per heavy atom. The molecule has 6 N–H and O–H groups in total. The molecule has 0 aliphatic heterocycles. The van der Waals surface area contributed by atoms with Gasteiger partial charge in [-0.05, 0) is 49.2 Å². The molecule has 0 amide bonds. The second-order valence-corrected chi connectivity index (χ2v) is 3.95. The van der Waals surface area contributed by atoms with Crippen LogP contribution in [0.1, 0.15) is 11.1 Å². The van der Waals surface area contributed by atoms with E-state index in [1.165, 1.54) is 11.1 Å². The van der Waals surface area contributed by atoms with E-state index in [0.717, 1.165) is 12.8 Å². The maximum Gasteiger partial charge on any atom is 0.414 e. The van der Waals surface area contributed by atoms with Gasteiger partial charge < -0.3 is 30.5 Å². The fourth-order valence-electron chi connectivity index (χ4n) is 1.20. The lowest BCUT2D eigenvalue weighted by Gasteiger charge is -1.85. The van der Waals surface area contributed by atoms with E-state index in [9.17, 15) is 0 Å². The highest BCUT2D eigenvalue weighted by Gasteiger charge is 2.04. The monoisotopic (exact) mass is 312 g/mol. The molecule has 0 fully saturated rings. The van der Waals surface area contributed by atoms with Crippen molar-refractivity contribution in [3.05, 3.63) is 48.3 Å². The number of carboxylic acid groups (broad SMARTS) is 2. The molecule has 0 unspecified atom stereocenters. The quantitative estimate of drug-likeness (QED) is 0.602. The van der Waals surface area contributed by atoms with Crippen molar-refractivity contribution in [1.82, 2.24) is 0 Å². The molecule has 122 valence electrons. The SMILES string of the molecule is NCCc1ccoc1.NCCc1ccoc1.O=C(O)C(=O)O. The third-order valence-electron chi connectivity index (χ3n) is 2.21. The van der Waals surface area contributed by atoms with E-state index in [2.05, 4.69) is 0 Å². The summed E-state index contributed by atoms with van der Waals surface area (Å²) in [6.45, 7) is 1.39. The maximum absolute atomic E-state index is 9.10. The number of aliphatic carboxylic acids is 2. The molecule has 0 bridgehead atoms. The zero-order valence-electron chi connectivity index (χ0n) is 12.0. The van der Waals surface area contributed by atoms with Crippen molar-refractivity contribution >= 4 is 11.9 Å². The first kappa shape index (κ1) is 19.4. The summed E-state index contributed by atoms with van der Waals surface area (Å²) in [6, 6.07) is 3.85. The Morgan fingerprint density at radius 2 is 1.23 bits per heavy atom. The number of carboxylic acids is 2. The van der Waals surface area contributed by atoms with Crippen molar-refractivity contribution in [3.63, 3.8) is 0 Å². The van der Waals surface area contributed by atoms with E-state index < -0.39 is 11.9 Å². The molecule has 2 aromatic rings. The molecule has 8 nitrogen and oxygen atoms in total. The lowest BCUT2D eigenvalue weighted by atomic mass is 10.2. The molecule has 0 saturated heterocycles. The van der Waals surface area contributed by atoms with Crippen molar-refractivity contribution in [2.24, 2.45) is 11.5 Å². The van der Waals surface area contributed by atoms with Gasteiger partial charge in [0.05, 0.1) is 25.1 Å². The zero-order valence-corrected chi connectivity index (χ0v) is 12.0. The molecule has 0 spiro atoms. The fraction of sp³-hybridized carbons (Fsp3) is 0.286. The van der Waals surface area contributed by atoms with Gasteiger partial charge >= 0.3 is 11.9 Å². The van der Waals surface area contributed by atoms with E-state index in [4.69, 9.17) is 40.1 Å². The summed E-state index contributed by atoms with van der Waals surface area (Å²) in [6.07, 6.45) is 8.57. The van der Waals surface area contributed by atoms with Crippen LogP contribution in [0.3, 0.4) is 0 Å². The first-order valence-corrected chi connectivity index (χ1v) is 6.39. The summed E-state index contributed by atoms with van der Waals surface area (Å²) in [4.78, 5) is 18.2. The molecule has 0 aromatic carbocycles.